The number of halogens is 4. The average Bonchev–Trinajstić information content (AvgIpc) is 2.82. The van der Waals surface area contributed by atoms with Crippen LogP contribution >= 0.6 is 11.6 Å². The van der Waals surface area contributed by atoms with E-state index in [1.807, 2.05) is 7.05 Å². The number of benzene rings is 1. The SMILES string of the molecule is CN1CCC(C2c3ccc(Cl)cc3C(OS(=O)(=O)C(F)(F)F)=Cc3cccnc32)CC1. The van der Waals surface area contributed by atoms with Gasteiger partial charge in [-0.3, -0.25) is 4.98 Å². The zero-order valence-corrected chi connectivity index (χ0v) is 18.1. The molecule has 166 valence electrons. The summed E-state index contributed by atoms with van der Waals surface area (Å²) in [6, 6.07) is 8.16. The Balaban J connectivity index is 1.90. The number of hydrogen-bond acceptors (Lipinski definition) is 5. The highest BCUT2D eigenvalue weighted by molar-refractivity contribution is 7.87. The van der Waals surface area contributed by atoms with E-state index < -0.39 is 21.4 Å². The van der Waals surface area contributed by atoms with E-state index in [-0.39, 0.29) is 22.4 Å². The third kappa shape index (κ3) is 4.31. The van der Waals surface area contributed by atoms with E-state index in [1.165, 1.54) is 12.1 Å². The van der Waals surface area contributed by atoms with Crippen LogP contribution in [0.15, 0.2) is 36.5 Å². The molecule has 1 atom stereocenters. The first-order valence-electron chi connectivity index (χ1n) is 9.72. The Morgan fingerprint density at radius 3 is 2.58 bits per heavy atom. The van der Waals surface area contributed by atoms with Gasteiger partial charge in [0.15, 0.2) is 5.76 Å². The lowest BCUT2D eigenvalue weighted by Crippen LogP contribution is -2.33. The highest BCUT2D eigenvalue weighted by Gasteiger charge is 2.49. The second-order valence-corrected chi connectivity index (χ2v) is 9.79. The number of hydrogen-bond donors (Lipinski definition) is 0. The molecular weight excluding hydrogens is 453 g/mol. The van der Waals surface area contributed by atoms with E-state index in [2.05, 4.69) is 14.1 Å². The fourth-order valence-corrected chi connectivity index (χ4v) is 4.91. The predicted octanol–water partition coefficient (Wildman–Crippen LogP) is 4.89. The van der Waals surface area contributed by atoms with Crippen LogP contribution in [0.5, 0.6) is 0 Å². The van der Waals surface area contributed by atoms with Crippen LogP contribution in [0, 0.1) is 5.92 Å². The summed E-state index contributed by atoms with van der Waals surface area (Å²) in [6.45, 7) is 1.76. The molecule has 5 nitrogen and oxygen atoms in total. The number of piperidine rings is 1. The molecule has 1 fully saturated rings. The van der Waals surface area contributed by atoms with Gasteiger partial charge >= 0.3 is 15.6 Å². The van der Waals surface area contributed by atoms with Crippen molar-refractivity contribution in [2.45, 2.75) is 24.3 Å². The van der Waals surface area contributed by atoms with E-state index in [0.29, 0.717) is 16.8 Å². The van der Waals surface area contributed by atoms with E-state index in [1.54, 1.807) is 30.5 Å². The maximum absolute atomic E-state index is 13.1. The summed E-state index contributed by atoms with van der Waals surface area (Å²) in [5, 5.41) is 0.263. The molecule has 2 aliphatic rings. The van der Waals surface area contributed by atoms with Crippen molar-refractivity contribution in [1.29, 1.82) is 0 Å². The lowest BCUT2D eigenvalue weighted by atomic mass is 9.76. The Morgan fingerprint density at radius 1 is 1.19 bits per heavy atom. The molecule has 0 bridgehead atoms. The van der Waals surface area contributed by atoms with Crippen molar-refractivity contribution in [1.82, 2.24) is 9.88 Å². The molecule has 1 saturated heterocycles. The Bertz CT molecular complexity index is 1130. The van der Waals surface area contributed by atoms with Gasteiger partial charge in [-0.2, -0.15) is 21.6 Å². The Kier molecular flexibility index (Phi) is 5.78. The molecule has 2 aromatic rings. The predicted molar refractivity (Wildman–Crippen MR) is 112 cm³/mol. The summed E-state index contributed by atoms with van der Waals surface area (Å²) >= 11 is 6.14. The molecule has 1 aliphatic carbocycles. The smallest absolute Gasteiger partial charge is 0.375 e. The number of aromatic nitrogens is 1. The van der Waals surface area contributed by atoms with Crippen LogP contribution in [-0.2, 0) is 14.3 Å². The topological polar surface area (TPSA) is 59.5 Å². The monoisotopic (exact) mass is 472 g/mol. The molecule has 0 radical (unpaired) electrons. The molecule has 1 aromatic carbocycles. The molecule has 1 aliphatic heterocycles. The summed E-state index contributed by atoms with van der Waals surface area (Å²) < 4.78 is 67.4. The van der Waals surface area contributed by atoms with Crippen LogP contribution in [0.3, 0.4) is 0 Å². The van der Waals surface area contributed by atoms with Gasteiger partial charge in [-0.15, -0.1) is 0 Å². The van der Waals surface area contributed by atoms with Gasteiger partial charge in [0.25, 0.3) is 0 Å². The van der Waals surface area contributed by atoms with Gasteiger partial charge in [0, 0.05) is 28.3 Å². The fourth-order valence-electron chi connectivity index (χ4n) is 4.26. The maximum Gasteiger partial charge on any atom is 0.534 e. The van der Waals surface area contributed by atoms with Crippen LogP contribution < -0.4 is 0 Å². The maximum atomic E-state index is 13.1. The first-order chi connectivity index (χ1) is 14.6. The van der Waals surface area contributed by atoms with Crippen molar-refractivity contribution >= 4 is 33.6 Å². The number of rotatable bonds is 3. The highest BCUT2D eigenvalue weighted by Crippen LogP contribution is 2.45. The van der Waals surface area contributed by atoms with Crippen molar-refractivity contribution in [2.75, 3.05) is 20.1 Å². The third-order valence-corrected chi connectivity index (χ3v) is 6.99. The molecule has 2 heterocycles. The van der Waals surface area contributed by atoms with Gasteiger partial charge in [0.2, 0.25) is 0 Å². The molecule has 10 heteroatoms. The highest BCUT2D eigenvalue weighted by atomic mass is 35.5. The zero-order chi connectivity index (χ0) is 22.4. The van der Waals surface area contributed by atoms with E-state index >= 15 is 0 Å². The van der Waals surface area contributed by atoms with Gasteiger partial charge in [-0.25, -0.2) is 0 Å². The van der Waals surface area contributed by atoms with Crippen LogP contribution in [0.1, 0.15) is 41.1 Å². The Morgan fingerprint density at radius 2 is 1.90 bits per heavy atom. The van der Waals surface area contributed by atoms with Crippen LogP contribution in [-0.4, -0.2) is 43.9 Å². The minimum atomic E-state index is -5.86. The third-order valence-electron chi connectivity index (χ3n) is 5.79. The van der Waals surface area contributed by atoms with Gasteiger partial charge < -0.3 is 9.08 Å². The second-order valence-electron chi connectivity index (χ2n) is 7.82. The molecule has 1 unspecified atom stereocenters. The lowest BCUT2D eigenvalue weighted by molar-refractivity contribution is -0.0509. The molecule has 1 aromatic heterocycles. The van der Waals surface area contributed by atoms with Crippen molar-refractivity contribution in [3.63, 3.8) is 0 Å². The van der Waals surface area contributed by atoms with Crippen molar-refractivity contribution < 1.29 is 25.8 Å². The Hall–Kier alpha value is -2.10. The number of likely N-dealkylation sites (tertiary alicyclic amines) is 1. The minimum absolute atomic E-state index is 0.178. The fraction of sp³-hybridized carbons (Fsp3) is 0.381. The van der Waals surface area contributed by atoms with Crippen LogP contribution in [0.25, 0.3) is 11.8 Å². The molecule has 31 heavy (non-hydrogen) atoms. The molecule has 0 N–H and O–H groups in total. The quantitative estimate of drug-likeness (QED) is 0.470. The summed E-state index contributed by atoms with van der Waals surface area (Å²) in [4.78, 5) is 6.76. The van der Waals surface area contributed by atoms with Gasteiger partial charge in [0.05, 0.1) is 5.69 Å². The van der Waals surface area contributed by atoms with E-state index in [0.717, 1.165) is 25.9 Å². The molecule has 0 saturated carbocycles. The van der Waals surface area contributed by atoms with Crippen LogP contribution in [0.2, 0.25) is 5.02 Å². The van der Waals surface area contributed by atoms with Crippen molar-refractivity contribution in [2.24, 2.45) is 5.92 Å². The summed E-state index contributed by atoms with van der Waals surface area (Å²) in [6.07, 6.45) is 4.67. The molecule has 0 amide bonds. The number of pyridine rings is 1. The summed E-state index contributed by atoms with van der Waals surface area (Å²) in [7, 11) is -3.82. The van der Waals surface area contributed by atoms with Gasteiger partial charge in [-0.05, 0) is 68.7 Å². The molecule has 0 spiro atoms. The average molecular weight is 473 g/mol. The van der Waals surface area contributed by atoms with Crippen molar-refractivity contribution in [3.05, 3.63) is 63.9 Å². The van der Waals surface area contributed by atoms with Crippen molar-refractivity contribution in [3.8, 4) is 0 Å². The Labute approximate surface area is 183 Å². The zero-order valence-electron chi connectivity index (χ0n) is 16.6. The van der Waals surface area contributed by atoms with Gasteiger partial charge in [-0.1, -0.05) is 23.7 Å². The van der Waals surface area contributed by atoms with Gasteiger partial charge in [0.1, 0.15) is 0 Å². The van der Waals surface area contributed by atoms with E-state index in [9.17, 15) is 21.6 Å². The lowest BCUT2D eigenvalue weighted by Gasteiger charge is -2.35. The number of nitrogens with zero attached hydrogens (tertiary/aromatic N) is 2. The van der Waals surface area contributed by atoms with Crippen LogP contribution in [0.4, 0.5) is 13.2 Å². The largest absolute Gasteiger partial charge is 0.534 e. The first-order valence-corrected chi connectivity index (χ1v) is 11.5. The minimum Gasteiger partial charge on any atom is -0.375 e. The summed E-state index contributed by atoms with van der Waals surface area (Å²) in [5.74, 6) is -0.473. The summed E-state index contributed by atoms with van der Waals surface area (Å²) in [5.41, 5.74) is -3.47. The molecular formula is C21H20ClF3N2O3S. The molecule has 4 rings (SSSR count). The standard InChI is InChI=1S/C21H20ClF3N2O3S/c1-27-9-6-13(7-10-27)19-16-5-4-15(22)12-17(16)18(30-31(28,29)21(23,24)25)11-14-3-2-8-26-20(14)19/h2-5,8,11-13,19H,6-7,9-10H2,1H3. The van der Waals surface area contributed by atoms with E-state index in [4.69, 9.17) is 11.6 Å². The first kappa shape index (κ1) is 22.1. The number of fused-ring (bicyclic) bond motifs is 2. The second kappa shape index (κ2) is 8.11. The normalized spacial score (nSPS) is 20.4. The number of alkyl halides is 3.